The maximum Gasteiger partial charge on any atom is 0.308 e. The highest BCUT2D eigenvalue weighted by atomic mass is 32.2. The summed E-state index contributed by atoms with van der Waals surface area (Å²) in [6.07, 6.45) is 1.59. The van der Waals surface area contributed by atoms with Crippen LogP contribution < -0.4 is 14.2 Å². The van der Waals surface area contributed by atoms with Gasteiger partial charge in [0.25, 0.3) is 11.1 Å². The fraction of sp³-hybridized carbons (Fsp3) is 0.227. The molecule has 0 aromatic heterocycles. The van der Waals surface area contributed by atoms with E-state index in [0.717, 1.165) is 22.9 Å². The van der Waals surface area contributed by atoms with Crippen LogP contribution in [0.3, 0.4) is 0 Å². The van der Waals surface area contributed by atoms with Crippen LogP contribution in [0.15, 0.2) is 41.3 Å². The molecule has 2 aromatic rings. The number of methoxy groups -OCH3 is 2. The maximum absolute atomic E-state index is 12.8. The first-order valence-electron chi connectivity index (χ1n) is 9.07. The number of amides is 2. The van der Waals surface area contributed by atoms with E-state index in [1.54, 1.807) is 18.2 Å². The quantitative estimate of drug-likeness (QED) is 0.389. The van der Waals surface area contributed by atoms with Gasteiger partial charge < -0.3 is 14.2 Å². The minimum absolute atomic E-state index is 0.150. The molecule has 8 heteroatoms. The van der Waals surface area contributed by atoms with Crippen LogP contribution in [0.5, 0.6) is 17.2 Å². The zero-order chi connectivity index (χ0) is 21.8. The van der Waals surface area contributed by atoms with Gasteiger partial charge in [0.1, 0.15) is 0 Å². The third kappa shape index (κ3) is 4.65. The molecule has 3 rings (SSSR count). The number of carbonyl (C=O) groups is 3. The van der Waals surface area contributed by atoms with Gasteiger partial charge in [-0.1, -0.05) is 29.8 Å². The van der Waals surface area contributed by atoms with Gasteiger partial charge in [-0.15, -0.1) is 0 Å². The Morgan fingerprint density at radius 2 is 1.77 bits per heavy atom. The topological polar surface area (TPSA) is 82.1 Å². The van der Waals surface area contributed by atoms with E-state index in [9.17, 15) is 14.4 Å². The molecule has 0 aliphatic carbocycles. The van der Waals surface area contributed by atoms with Crippen LogP contribution in [0.4, 0.5) is 4.79 Å². The zero-order valence-electron chi connectivity index (χ0n) is 17.1. The van der Waals surface area contributed by atoms with Gasteiger partial charge in [-0.25, -0.2) is 0 Å². The van der Waals surface area contributed by atoms with E-state index in [1.807, 2.05) is 31.2 Å². The monoisotopic (exact) mass is 427 g/mol. The Kier molecular flexibility index (Phi) is 6.47. The van der Waals surface area contributed by atoms with Gasteiger partial charge in [0.15, 0.2) is 11.5 Å². The van der Waals surface area contributed by atoms with E-state index in [1.165, 1.54) is 26.0 Å². The number of aryl methyl sites for hydroxylation is 1. The lowest BCUT2D eigenvalue weighted by molar-refractivity contribution is -0.132. The second kappa shape index (κ2) is 9.04. The molecule has 0 radical (unpaired) electrons. The van der Waals surface area contributed by atoms with Crippen LogP contribution in [0.1, 0.15) is 23.6 Å². The predicted molar refractivity (Wildman–Crippen MR) is 114 cm³/mol. The first kappa shape index (κ1) is 21.4. The minimum Gasteiger partial charge on any atom is -0.493 e. The smallest absolute Gasteiger partial charge is 0.308 e. The van der Waals surface area contributed by atoms with Crippen molar-refractivity contribution < 1.29 is 28.6 Å². The molecular weight excluding hydrogens is 406 g/mol. The van der Waals surface area contributed by atoms with Gasteiger partial charge in [-0.3, -0.25) is 19.3 Å². The first-order valence-corrected chi connectivity index (χ1v) is 9.89. The van der Waals surface area contributed by atoms with Crippen LogP contribution in [0.25, 0.3) is 6.08 Å². The van der Waals surface area contributed by atoms with E-state index in [-0.39, 0.29) is 39.8 Å². The molecule has 7 nitrogen and oxygen atoms in total. The van der Waals surface area contributed by atoms with Gasteiger partial charge in [-0.2, -0.15) is 0 Å². The molecule has 1 aliphatic heterocycles. The van der Waals surface area contributed by atoms with Gasteiger partial charge in [0, 0.05) is 6.92 Å². The lowest BCUT2D eigenvalue weighted by atomic mass is 10.1. The maximum atomic E-state index is 12.8. The summed E-state index contributed by atoms with van der Waals surface area (Å²) in [5.41, 5.74) is 2.51. The Bertz CT molecular complexity index is 1020. The summed E-state index contributed by atoms with van der Waals surface area (Å²) >= 11 is 0.873. The number of thioether (sulfide) groups is 1. The molecule has 1 saturated heterocycles. The molecule has 156 valence electrons. The van der Waals surface area contributed by atoms with Crippen molar-refractivity contribution >= 4 is 35.0 Å². The largest absolute Gasteiger partial charge is 0.493 e. The lowest BCUT2D eigenvalue weighted by Gasteiger charge is -2.14. The number of ether oxygens (including phenoxy) is 3. The molecule has 0 unspecified atom stereocenters. The fourth-order valence-electron chi connectivity index (χ4n) is 3.01. The summed E-state index contributed by atoms with van der Waals surface area (Å²) in [7, 11) is 2.86. The Hall–Kier alpha value is -3.26. The number of benzene rings is 2. The Labute approximate surface area is 178 Å². The molecule has 0 saturated carbocycles. The van der Waals surface area contributed by atoms with Crippen LogP contribution in [-0.4, -0.2) is 36.2 Å². The van der Waals surface area contributed by atoms with Crippen LogP contribution >= 0.6 is 11.8 Å². The van der Waals surface area contributed by atoms with Gasteiger partial charge >= 0.3 is 5.97 Å². The summed E-state index contributed by atoms with van der Waals surface area (Å²) in [6, 6.07) is 10.9. The van der Waals surface area contributed by atoms with Gasteiger partial charge in [0.05, 0.1) is 25.7 Å². The number of carbonyl (C=O) groups excluding carboxylic acids is 3. The van der Waals surface area contributed by atoms with Crippen molar-refractivity contribution in [3.05, 3.63) is 58.0 Å². The third-order valence-corrected chi connectivity index (χ3v) is 5.23. The summed E-state index contributed by atoms with van der Waals surface area (Å²) in [4.78, 5) is 38.1. The van der Waals surface area contributed by atoms with E-state index in [0.29, 0.717) is 5.56 Å². The van der Waals surface area contributed by atoms with E-state index in [2.05, 4.69) is 0 Å². The molecule has 1 fully saturated rings. The zero-order valence-corrected chi connectivity index (χ0v) is 17.9. The highest BCUT2D eigenvalue weighted by molar-refractivity contribution is 8.18. The van der Waals surface area contributed by atoms with Crippen molar-refractivity contribution in [3.8, 4) is 17.2 Å². The molecule has 30 heavy (non-hydrogen) atoms. The van der Waals surface area contributed by atoms with E-state index in [4.69, 9.17) is 14.2 Å². The Morgan fingerprint density at radius 3 is 2.33 bits per heavy atom. The second-order valence-corrected chi connectivity index (χ2v) is 7.60. The molecule has 0 N–H and O–H groups in total. The lowest BCUT2D eigenvalue weighted by Crippen LogP contribution is -2.27. The van der Waals surface area contributed by atoms with Gasteiger partial charge in [-0.05, 0) is 48.0 Å². The van der Waals surface area contributed by atoms with E-state index >= 15 is 0 Å². The number of hydrogen-bond donors (Lipinski definition) is 0. The molecule has 0 bridgehead atoms. The van der Waals surface area contributed by atoms with Crippen molar-refractivity contribution in [2.24, 2.45) is 0 Å². The summed E-state index contributed by atoms with van der Waals surface area (Å²) < 4.78 is 15.8. The van der Waals surface area contributed by atoms with Crippen LogP contribution in [0.2, 0.25) is 0 Å². The summed E-state index contributed by atoms with van der Waals surface area (Å²) in [5, 5.41) is -0.330. The van der Waals surface area contributed by atoms with Crippen molar-refractivity contribution in [2.75, 3.05) is 14.2 Å². The SMILES string of the molecule is COc1cc(/C=C2\SC(=O)N(Cc3cccc(C)c3)C2=O)cc(OC)c1OC(C)=O. The minimum atomic E-state index is -0.517. The predicted octanol–water partition coefficient (Wildman–Crippen LogP) is 4.17. The molecule has 2 amide bonds. The standard InChI is InChI=1S/C22H21NO6S/c1-13-6-5-7-15(8-13)12-23-21(25)19(30-22(23)26)11-16-9-17(27-3)20(29-14(2)24)18(10-16)28-4/h5-11H,12H2,1-4H3/b19-11-. The molecule has 0 atom stereocenters. The fourth-order valence-corrected chi connectivity index (χ4v) is 3.85. The highest BCUT2D eigenvalue weighted by Gasteiger charge is 2.35. The van der Waals surface area contributed by atoms with Crippen molar-refractivity contribution in [3.63, 3.8) is 0 Å². The van der Waals surface area contributed by atoms with Gasteiger partial charge in [0.2, 0.25) is 5.75 Å². The Morgan fingerprint density at radius 1 is 1.10 bits per heavy atom. The molecule has 1 aliphatic rings. The molecule has 1 heterocycles. The average Bonchev–Trinajstić information content (AvgIpc) is 2.95. The second-order valence-electron chi connectivity index (χ2n) is 6.61. The number of imide groups is 1. The summed E-state index contributed by atoms with van der Waals surface area (Å²) in [6.45, 7) is 3.44. The average molecular weight is 427 g/mol. The van der Waals surface area contributed by atoms with Crippen molar-refractivity contribution in [1.82, 2.24) is 4.90 Å². The Balaban J connectivity index is 1.90. The van der Waals surface area contributed by atoms with Crippen LogP contribution in [0, 0.1) is 6.92 Å². The molecule has 0 spiro atoms. The summed E-state index contributed by atoms with van der Waals surface area (Å²) in [5.74, 6) is -0.188. The number of nitrogens with zero attached hydrogens (tertiary/aromatic N) is 1. The van der Waals surface area contributed by atoms with Crippen molar-refractivity contribution in [2.45, 2.75) is 20.4 Å². The van der Waals surface area contributed by atoms with Crippen molar-refractivity contribution in [1.29, 1.82) is 0 Å². The number of hydrogen-bond acceptors (Lipinski definition) is 7. The first-order chi connectivity index (χ1) is 14.3. The highest BCUT2D eigenvalue weighted by Crippen LogP contribution is 2.40. The van der Waals surface area contributed by atoms with E-state index < -0.39 is 5.97 Å². The number of rotatable bonds is 6. The number of esters is 1. The molecule has 2 aromatic carbocycles. The normalized spacial score (nSPS) is 14.9. The molecular formula is C22H21NO6S. The van der Waals surface area contributed by atoms with Crippen LogP contribution in [-0.2, 0) is 16.1 Å². The third-order valence-electron chi connectivity index (χ3n) is 4.32.